The van der Waals surface area contributed by atoms with Crippen LogP contribution in [-0.4, -0.2) is 12.5 Å². The topological polar surface area (TPSA) is 41.1 Å². The van der Waals surface area contributed by atoms with E-state index in [1.165, 1.54) is 47.9 Å². The van der Waals surface area contributed by atoms with Crippen LogP contribution in [0, 0.1) is 0 Å². The minimum Gasteiger partial charge on any atom is -0.348 e. The van der Waals surface area contributed by atoms with E-state index in [2.05, 4.69) is 54.8 Å². The Morgan fingerprint density at radius 3 is 2.40 bits per heavy atom. The fourth-order valence-corrected chi connectivity index (χ4v) is 3.50. The van der Waals surface area contributed by atoms with Crippen LogP contribution in [0.5, 0.6) is 0 Å². The first-order valence-corrected chi connectivity index (χ1v) is 9.33. The van der Waals surface area contributed by atoms with Crippen molar-refractivity contribution < 1.29 is 4.79 Å². The number of carbonyl (C=O) groups excluding carboxylic acids is 1. The average Bonchev–Trinajstić information content (AvgIpc) is 2.66. The van der Waals surface area contributed by atoms with E-state index in [0.717, 1.165) is 0 Å². The van der Waals surface area contributed by atoms with E-state index >= 15 is 0 Å². The van der Waals surface area contributed by atoms with E-state index in [4.69, 9.17) is 0 Å². The molecule has 0 saturated heterocycles. The lowest BCUT2D eigenvalue weighted by Crippen LogP contribution is -2.36. The molecule has 0 aliphatic heterocycles. The first-order chi connectivity index (χ1) is 12.1. The fourth-order valence-electron chi connectivity index (χ4n) is 3.50. The predicted octanol–water partition coefficient (Wildman–Crippen LogP) is 4.09. The van der Waals surface area contributed by atoms with Gasteiger partial charge in [0.25, 0.3) is 0 Å². The second-order valence-corrected chi connectivity index (χ2v) is 7.04. The molecule has 25 heavy (non-hydrogen) atoms. The molecule has 0 fully saturated rings. The van der Waals surface area contributed by atoms with Crippen molar-refractivity contribution in [2.75, 3.05) is 6.54 Å². The molecule has 3 heteroatoms. The summed E-state index contributed by atoms with van der Waals surface area (Å²) >= 11 is 0. The molecule has 0 spiro atoms. The Hall–Kier alpha value is -2.13. The number of aryl methyl sites for hydroxylation is 2. The average molecular weight is 336 g/mol. The summed E-state index contributed by atoms with van der Waals surface area (Å²) in [6.07, 6.45) is 4.93. The third-order valence-electron chi connectivity index (χ3n) is 5.12. The lowest BCUT2D eigenvalue weighted by Gasteiger charge is -2.20. The fraction of sp³-hybridized carbons (Fsp3) is 0.409. The zero-order chi connectivity index (χ0) is 17.6. The Morgan fingerprint density at radius 2 is 1.64 bits per heavy atom. The van der Waals surface area contributed by atoms with Gasteiger partial charge in [0.1, 0.15) is 0 Å². The Labute approximate surface area is 150 Å². The van der Waals surface area contributed by atoms with Gasteiger partial charge >= 0.3 is 0 Å². The van der Waals surface area contributed by atoms with E-state index in [1.807, 2.05) is 18.2 Å². The molecular formula is C22H28N2O. The lowest BCUT2D eigenvalue weighted by atomic mass is 9.89. The van der Waals surface area contributed by atoms with E-state index in [-0.39, 0.29) is 18.0 Å². The van der Waals surface area contributed by atoms with Crippen molar-refractivity contribution in [1.82, 2.24) is 10.6 Å². The summed E-state index contributed by atoms with van der Waals surface area (Å²) in [5.41, 5.74) is 5.33. The maximum absolute atomic E-state index is 12.3. The molecule has 2 atom stereocenters. The number of hydrogen-bond acceptors (Lipinski definition) is 2. The molecule has 0 aromatic heterocycles. The molecule has 1 aliphatic carbocycles. The summed E-state index contributed by atoms with van der Waals surface area (Å²) in [4.78, 5) is 12.3. The summed E-state index contributed by atoms with van der Waals surface area (Å²) in [6.45, 7) is 4.46. The predicted molar refractivity (Wildman–Crippen MR) is 103 cm³/mol. The van der Waals surface area contributed by atoms with Crippen molar-refractivity contribution in [2.24, 2.45) is 0 Å². The van der Waals surface area contributed by atoms with Crippen LogP contribution in [-0.2, 0) is 17.6 Å². The molecule has 2 aromatic rings. The summed E-state index contributed by atoms with van der Waals surface area (Å²) in [7, 11) is 0. The molecule has 0 radical (unpaired) electrons. The van der Waals surface area contributed by atoms with Crippen LogP contribution >= 0.6 is 0 Å². The van der Waals surface area contributed by atoms with Gasteiger partial charge in [0.15, 0.2) is 0 Å². The van der Waals surface area contributed by atoms with E-state index in [1.54, 1.807) is 0 Å². The summed E-state index contributed by atoms with van der Waals surface area (Å²) in [5.74, 6) is 0.0352. The summed E-state index contributed by atoms with van der Waals surface area (Å²) in [5, 5.41) is 6.40. The normalized spacial score (nSPS) is 15.9. The van der Waals surface area contributed by atoms with Crippen molar-refractivity contribution in [3.63, 3.8) is 0 Å². The van der Waals surface area contributed by atoms with Crippen molar-refractivity contribution in [3.8, 4) is 0 Å². The molecule has 1 aliphatic rings. The zero-order valence-electron chi connectivity index (χ0n) is 15.2. The number of amides is 1. The number of benzene rings is 2. The number of nitrogens with one attached hydrogen (secondary N) is 2. The molecule has 132 valence electrons. The molecule has 0 bridgehead atoms. The quantitative estimate of drug-likeness (QED) is 0.834. The van der Waals surface area contributed by atoms with Crippen molar-refractivity contribution in [3.05, 3.63) is 70.8 Å². The Kier molecular flexibility index (Phi) is 5.87. The minimum absolute atomic E-state index is 0.0352. The zero-order valence-corrected chi connectivity index (χ0v) is 15.2. The van der Waals surface area contributed by atoms with Crippen LogP contribution in [0.1, 0.15) is 61.0 Å². The third-order valence-corrected chi connectivity index (χ3v) is 5.12. The number of fused-ring (bicyclic) bond motifs is 1. The Morgan fingerprint density at radius 1 is 0.920 bits per heavy atom. The van der Waals surface area contributed by atoms with Crippen LogP contribution in [0.15, 0.2) is 48.5 Å². The first-order valence-electron chi connectivity index (χ1n) is 9.33. The smallest absolute Gasteiger partial charge is 0.234 e. The Balaban J connectivity index is 1.52. The SMILES string of the molecule is C[C@@H](NCC(=O)N[C@H](C)c1ccc2c(c1)CCCC2)c1ccccc1. The van der Waals surface area contributed by atoms with Crippen LogP contribution < -0.4 is 10.6 Å². The summed E-state index contributed by atoms with van der Waals surface area (Å²) in [6, 6.07) is 17.1. The van der Waals surface area contributed by atoms with E-state index in [9.17, 15) is 4.79 Å². The van der Waals surface area contributed by atoms with Crippen LogP contribution in [0.25, 0.3) is 0 Å². The van der Waals surface area contributed by atoms with Gasteiger partial charge in [-0.1, -0.05) is 48.5 Å². The number of rotatable bonds is 6. The second-order valence-electron chi connectivity index (χ2n) is 7.04. The standard InChI is InChI=1S/C22H28N2O/c1-16(18-8-4-3-5-9-18)23-15-22(25)24-17(2)20-13-12-19-10-6-7-11-21(19)14-20/h3-5,8-9,12-14,16-17,23H,6-7,10-11,15H2,1-2H3,(H,24,25)/t16-,17-/m1/s1. The molecule has 2 aromatic carbocycles. The highest BCUT2D eigenvalue weighted by atomic mass is 16.1. The molecule has 0 unspecified atom stereocenters. The van der Waals surface area contributed by atoms with E-state index in [0.29, 0.717) is 6.54 Å². The van der Waals surface area contributed by atoms with Gasteiger partial charge in [-0.3, -0.25) is 4.79 Å². The molecular weight excluding hydrogens is 308 g/mol. The minimum atomic E-state index is 0.0352. The van der Waals surface area contributed by atoms with E-state index < -0.39 is 0 Å². The highest BCUT2D eigenvalue weighted by Gasteiger charge is 2.14. The van der Waals surface area contributed by atoms with Gasteiger partial charge < -0.3 is 10.6 Å². The molecule has 0 heterocycles. The van der Waals surface area contributed by atoms with Gasteiger partial charge in [0.05, 0.1) is 12.6 Å². The van der Waals surface area contributed by atoms with Gasteiger partial charge in [-0.05, 0) is 61.8 Å². The highest BCUT2D eigenvalue weighted by molar-refractivity contribution is 5.78. The van der Waals surface area contributed by atoms with Gasteiger partial charge in [-0.2, -0.15) is 0 Å². The molecule has 2 N–H and O–H groups in total. The van der Waals surface area contributed by atoms with Crippen molar-refractivity contribution >= 4 is 5.91 Å². The van der Waals surface area contributed by atoms with Crippen LogP contribution in [0.4, 0.5) is 0 Å². The van der Waals surface area contributed by atoms with Gasteiger partial charge in [-0.25, -0.2) is 0 Å². The molecule has 0 saturated carbocycles. The molecule has 3 nitrogen and oxygen atoms in total. The Bertz CT molecular complexity index is 711. The van der Waals surface area contributed by atoms with Crippen LogP contribution in [0.3, 0.4) is 0 Å². The first kappa shape index (κ1) is 17.7. The maximum Gasteiger partial charge on any atom is 0.234 e. The van der Waals surface area contributed by atoms with Gasteiger partial charge in [-0.15, -0.1) is 0 Å². The second kappa shape index (κ2) is 8.30. The largest absolute Gasteiger partial charge is 0.348 e. The molecule has 3 rings (SSSR count). The van der Waals surface area contributed by atoms with Gasteiger partial charge in [0, 0.05) is 6.04 Å². The highest BCUT2D eigenvalue weighted by Crippen LogP contribution is 2.24. The van der Waals surface area contributed by atoms with Gasteiger partial charge in [0.2, 0.25) is 5.91 Å². The van der Waals surface area contributed by atoms with Crippen molar-refractivity contribution in [2.45, 2.75) is 51.6 Å². The van der Waals surface area contributed by atoms with Crippen molar-refractivity contribution in [1.29, 1.82) is 0 Å². The maximum atomic E-state index is 12.3. The lowest BCUT2D eigenvalue weighted by molar-refractivity contribution is -0.121. The van der Waals surface area contributed by atoms with Crippen LogP contribution in [0.2, 0.25) is 0 Å². The number of hydrogen-bond donors (Lipinski definition) is 2. The number of carbonyl (C=O) groups is 1. The monoisotopic (exact) mass is 336 g/mol. The third kappa shape index (κ3) is 4.70. The summed E-state index contributed by atoms with van der Waals surface area (Å²) < 4.78 is 0. The molecule has 1 amide bonds.